The predicted molar refractivity (Wildman–Crippen MR) is 63.8 cm³/mol. The molecule has 1 aromatic rings. The lowest BCUT2D eigenvalue weighted by Gasteiger charge is -2.32. The van der Waals surface area contributed by atoms with E-state index in [0.29, 0.717) is 11.6 Å². The fourth-order valence-corrected chi connectivity index (χ4v) is 1.92. The third-order valence-electron chi connectivity index (χ3n) is 2.57. The van der Waals surface area contributed by atoms with E-state index in [2.05, 4.69) is 10.3 Å². The van der Waals surface area contributed by atoms with Crippen LogP contribution >= 0.6 is 11.6 Å². The van der Waals surface area contributed by atoms with Crippen molar-refractivity contribution in [2.75, 3.05) is 18.0 Å². The molecular weight excluding hydrogens is 226 g/mol. The van der Waals surface area contributed by atoms with E-state index < -0.39 is 0 Å². The van der Waals surface area contributed by atoms with Crippen LogP contribution in [0.4, 0.5) is 5.82 Å². The van der Waals surface area contributed by atoms with Crippen LogP contribution in [0.25, 0.3) is 0 Å². The van der Waals surface area contributed by atoms with E-state index in [9.17, 15) is 4.79 Å². The lowest BCUT2D eigenvalue weighted by atomic mass is 10.2. The summed E-state index contributed by atoms with van der Waals surface area (Å²) < 4.78 is 0. The average Bonchev–Trinajstić information content (AvgIpc) is 2.20. The molecule has 5 heteroatoms. The normalized spacial score (nSPS) is 20.8. The molecule has 1 saturated heterocycles. The molecule has 0 spiro atoms. The molecule has 0 aliphatic carbocycles. The second-order valence-corrected chi connectivity index (χ2v) is 4.49. The Bertz CT molecular complexity index is 422. The largest absolute Gasteiger partial charge is 0.350 e. The summed E-state index contributed by atoms with van der Waals surface area (Å²) in [6.45, 7) is 4.98. The van der Waals surface area contributed by atoms with Crippen LogP contribution in [0.15, 0.2) is 12.1 Å². The molecule has 0 bridgehead atoms. The molecular formula is C11H14ClN3O. The zero-order valence-corrected chi connectivity index (χ0v) is 10.1. The van der Waals surface area contributed by atoms with E-state index in [1.165, 1.54) is 0 Å². The first-order chi connectivity index (χ1) is 7.56. The molecule has 86 valence electrons. The van der Waals surface area contributed by atoms with Crippen LogP contribution in [-0.4, -0.2) is 30.0 Å². The minimum Gasteiger partial charge on any atom is -0.350 e. The predicted octanol–water partition coefficient (Wildman–Crippen LogP) is 1.37. The van der Waals surface area contributed by atoms with Crippen LogP contribution in [0.1, 0.15) is 12.6 Å². The highest BCUT2D eigenvalue weighted by atomic mass is 35.5. The van der Waals surface area contributed by atoms with E-state index >= 15 is 0 Å². The zero-order valence-electron chi connectivity index (χ0n) is 9.33. The Morgan fingerprint density at radius 3 is 2.94 bits per heavy atom. The molecule has 0 aromatic carbocycles. The van der Waals surface area contributed by atoms with Gasteiger partial charge in [-0.2, -0.15) is 0 Å². The first-order valence-corrected chi connectivity index (χ1v) is 5.61. The molecule has 1 aromatic heterocycles. The SMILES string of the molecule is Cc1nc(N2CC(=O)N[C@H](C)C2)ccc1Cl. The number of piperazine rings is 1. The molecule has 1 N–H and O–H groups in total. The van der Waals surface area contributed by atoms with E-state index in [4.69, 9.17) is 11.6 Å². The van der Waals surface area contributed by atoms with E-state index in [0.717, 1.165) is 18.1 Å². The van der Waals surface area contributed by atoms with Gasteiger partial charge < -0.3 is 10.2 Å². The van der Waals surface area contributed by atoms with Gasteiger partial charge in [-0.3, -0.25) is 4.79 Å². The number of anilines is 1. The Hall–Kier alpha value is -1.29. The highest BCUT2D eigenvalue weighted by molar-refractivity contribution is 6.31. The number of carbonyl (C=O) groups is 1. The number of amides is 1. The van der Waals surface area contributed by atoms with E-state index in [-0.39, 0.29) is 11.9 Å². The molecule has 0 unspecified atom stereocenters. The highest BCUT2D eigenvalue weighted by Crippen LogP contribution is 2.19. The molecule has 1 atom stereocenters. The lowest BCUT2D eigenvalue weighted by Crippen LogP contribution is -2.53. The zero-order chi connectivity index (χ0) is 11.7. The number of carbonyl (C=O) groups excluding carboxylic acids is 1. The van der Waals surface area contributed by atoms with Crippen molar-refractivity contribution in [1.82, 2.24) is 10.3 Å². The molecule has 1 fully saturated rings. The summed E-state index contributed by atoms with van der Waals surface area (Å²) in [5.74, 6) is 0.844. The Morgan fingerprint density at radius 1 is 1.56 bits per heavy atom. The van der Waals surface area contributed by atoms with Crippen molar-refractivity contribution in [2.45, 2.75) is 19.9 Å². The van der Waals surface area contributed by atoms with Gasteiger partial charge in [0.25, 0.3) is 0 Å². The standard InChI is InChI=1S/C11H14ClN3O/c1-7-5-15(6-11(16)13-7)10-4-3-9(12)8(2)14-10/h3-4,7H,5-6H2,1-2H3,(H,13,16)/t7-/m1/s1. The Balaban J connectivity index is 2.23. The number of halogens is 1. The van der Waals surface area contributed by atoms with E-state index in [1.807, 2.05) is 30.9 Å². The summed E-state index contributed by atoms with van der Waals surface area (Å²) in [6, 6.07) is 3.82. The molecule has 16 heavy (non-hydrogen) atoms. The first kappa shape index (κ1) is 11.2. The van der Waals surface area contributed by atoms with Gasteiger partial charge in [0.05, 0.1) is 17.3 Å². The van der Waals surface area contributed by atoms with Crippen LogP contribution in [0.3, 0.4) is 0 Å². The van der Waals surface area contributed by atoms with Crippen molar-refractivity contribution in [1.29, 1.82) is 0 Å². The van der Waals surface area contributed by atoms with Crippen molar-refractivity contribution in [2.24, 2.45) is 0 Å². The van der Waals surface area contributed by atoms with Gasteiger partial charge in [-0.1, -0.05) is 11.6 Å². The number of pyridine rings is 1. The molecule has 2 heterocycles. The van der Waals surface area contributed by atoms with Crippen LogP contribution in [0.2, 0.25) is 5.02 Å². The summed E-state index contributed by atoms with van der Waals surface area (Å²) in [5, 5.41) is 3.52. The Labute approximate surface area is 99.6 Å². The quantitative estimate of drug-likeness (QED) is 0.805. The molecule has 2 rings (SSSR count). The number of hydrogen-bond acceptors (Lipinski definition) is 3. The number of aromatic nitrogens is 1. The monoisotopic (exact) mass is 239 g/mol. The van der Waals surface area contributed by atoms with Gasteiger partial charge >= 0.3 is 0 Å². The minimum atomic E-state index is 0.0353. The van der Waals surface area contributed by atoms with Crippen LogP contribution in [0, 0.1) is 6.92 Å². The molecule has 0 saturated carbocycles. The Kier molecular flexibility index (Phi) is 3.01. The van der Waals surface area contributed by atoms with Crippen molar-refractivity contribution in [3.63, 3.8) is 0 Å². The average molecular weight is 240 g/mol. The van der Waals surface area contributed by atoms with Gasteiger partial charge in [0.2, 0.25) is 5.91 Å². The maximum absolute atomic E-state index is 11.4. The van der Waals surface area contributed by atoms with Crippen molar-refractivity contribution >= 4 is 23.3 Å². The maximum atomic E-state index is 11.4. The lowest BCUT2D eigenvalue weighted by molar-refractivity contribution is -0.121. The van der Waals surface area contributed by atoms with Gasteiger partial charge in [-0.05, 0) is 26.0 Å². The molecule has 4 nitrogen and oxygen atoms in total. The van der Waals surface area contributed by atoms with Gasteiger partial charge in [0.15, 0.2) is 0 Å². The molecule has 1 amide bonds. The summed E-state index contributed by atoms with van der Waals surface area (Å²) in [6.07, 6.45) is 0. The van der Waals surface area contributed by atoms with Crippen molar-refractivity contribution in [3.8, 4) is 0 Å². The summed E-state index contributed by atoms with van der Waals surface area (Å²) in [5.41, 5.74) is 0.790. The third kappa shape index (κ3) is 2.27. The number of aryl methyl sites for hydroxylation is 1. The molecule has 0 radical (unpaired) electrons. The smallest absolute Gasteiger partial charge is 0.239 e. The van der Waals surface area contributed by atoms with Crippen LogP contribution in [-0.2, 0) is 4.79 Å². The van der Waals surface area contributed by atoms with Gasteiger partial charge in [0.1, 0.15) is 5.82 Å². The topological polar surface area (TPSA) is 45.2 Å². The number of hydrogen-bond donors (Lipinski definition) is 1. The maximum Gasteiger partial charge on any atom is 0.239 e. The number of nitrogens with zero attached hydrogens (tertiary/aromatic N) is 2. The second kappa shape index (κ2) is 4.29. The third-order valence-corrected chi connectivity index (χ3v) is 2.97. The van der Waals surface area contributed by atoms with Crippen LogP contribution < -0.4 is 10.2 Å². The fourth-order valence-electron chi connectivity index (χ4n) is 1.82. The Morgan fingerprint density at radius 2 is 2.31 bits per heavy atom. The number of nitrogens with one attached hydrogen (secondary N) is 1. The summed E-state index contributed by atoms with van der Waals surface area (Å²) in [7, 11) is 0. The molecule has 1 aliphatic rings. The summed E-state index contributed by atoms with van der Waals surface area (Å²) >= 11 is 5.92. The first-order valence-electron chi connectivity index (χ1n) is 5.23. The van der Waals surface area contributed by atoms with Gasteiger partial charge in [0, 0.05) is 12.6 Å². The van der Waals surface area contributed by atoms with Gasteiger partial charge in [-0.25, -0.2) is 4.98 Å². The summed E-state index contributed by atoms with van der Waals surface area (Å²) in [4.78, 5) is 17.7. The van der Waals surface area contributed by atoms with Crippen molar-refractivity contribution in [3.05, 3.63) is 22.8 Å². The molecule has 1 aliphatic heterocycles. The van der Waals surface area contributed by atoms with Crippen molar-refractivity contribution < 1.29 is 4.79 Å². The van der Waals surface area contributed by atoms with E-state index in [1.54, 1.807) is 0 Å². The minimum absolute atomic E-state index is 0.0353. The van der Waals surface area contributed by atoms with Crippen LogP contribution in [0.5, 0.6) is 0 Å². The highest BCUT2D eigenvalue weighted by Gasteiger charge is 2.22. The number of rotatable bonds is 1. The second-order valence-electron chi connectivity index (χ2n) is 4.09. The van der Waals surface area contributed by atoms with Gasteiger partial charge in [-0.15, -0.1) is 0 Å². The fraction of sp³-hybridized carbons (Fsp3) is 0.455.